The molecule has 1 aromatic carbocycles. The molecule has 1 aliphatic rings. The molecule has 19 heavy (non-hydrogen) atoms. The third kappa shape index (κ3) is 3.63. The number of rotatable bonds is 2. The molecule has 2 rings (SSSR count). The molecule has 1 N–H and O–H groups in total. The van der Waals surface area contributed by atoms with Gasteiger partial charge in [-0.1, -0.05) is 13.0 Å². The van der Waals surface area contributed by atoms with E-state index in [0.29, 0.717) is 5.92 Å². The standard InChI is InChI=1S/C16H27N3/c1-13-11-17-8-5-9-19(12-13)15-7-6-14(2)16(10-15)18(3)4/h6-7,10,13,17H,5,8-9,11-12H2,1-4H3. The number of aryl methyl sites for hydroxylation is 1. The summed E-state index contributed by atoms with van der Waals surface area (Å²) in [6.07, 6.45) is 1.22. The third-order valence-electron chi connectivity index (χ3n) is 3.85. The smallest absolute Gasteiger partial charge is 0.0411 e. The van der Waals surface area contributed by atoms with Crippen molar-refractivity contribution in [3.63, 3.8) is 0 Å². The van der Waals surface area contributed by atoms with Gasteiger partial charge in [-0.25, -0.2) is 0 Å². The lowest BCUT2D eigenvalue weighted by Crippen LogP contribution is -2.38. The van der Waals surface area contributed by atoms with Gasteiger partial charge in [0, 0.05) is 38.6 Å². The number of hydrogen-bond donors (Lipinski definition) is 1. The minimum atomic E-state index is 0.699. The van der Waals surface area contributed by atoms with E-state index in [1.807, 2.05) is 0 Å². The SMILES string of the molecule is Cc1ccc(N2CCCNCC(C)C2)cc1N(C)C. The van der Waals surface area contributed by atoms with E-state index in [9.17, 15) is 0 Å². The van der Waals surface area contributed by atoms with Crippen molar-refractivity contribution < 1.29 is 0 Å². The summed E-state index contributed by atoms with van der Waals surface area (Å²) < 4.78 is 0. The molecule has 1 aliphatic heterocycles. The first-order chi connectivity index (χ1) is 9.08. The molecule has 0 aromatic heterocycles. The van der Waals surface area contributed by atoms with Gasteiger partial charge in [-0.2, -0.15) is 0 Å². The second-order valence-corrected chi connectivity index (χ2v) is 5.97. The molecule has 3 heteroatoms. The topological polar surface area (TPSA) is 18.5 Å². The van der Waals surface area contributed by atoms with E-state index >= 15 is 0 Å². The van der Waals surface area contributed by atoms with Crippen LogP contribution in [0.2, 0.25) is 0 Å². The third-order valence-corrected chi connectivity index (χ3v) is 3.85. The molecule has 1 saturated heterocycles. The summed E-state index contributed by atoms with van der Waals surface area (Å²) >= 11 is 0. The van der Waals surface area contributed by atoms with Crippen LogP contribution in [0.1, 0.15) is 18.9 Å². The lowest BCUT2D eigenvalue weighted by atomic mass is 10.1. The Morgan fingerprint density at radius 2 is 2.11 bits per heavy atom. The summed E-state index contributed by atoms with van der Waals surface area (Å²) in [5.41, 5.74) is 4.03. The van der Waals surface area contributed by atoms with E-state index in [1.165, 1.54) is 23.4 Å². The number of hydrogen-bond acceptors (Lipinski definition) is 3. The average molecular weight is 261 g/mol. The van der Waals surface area contributed by atoms with E-state index in [4.69, 9.17) is 0 Å². The van der Waals surface area contributed by atoms with E-state index in [1.54, 1.807) is 0 Å². The number of benzene rings is 1. The Kier molecular flexibility index (Phi) is 4.70. The van der Waals surface area contributed by atoms with Crippen molar-refractivity contribution in [1.29, 1.82) is 0 Å². The molecule has 1 fully saturated rings. The minimum Gasteiger partial charge on any atom is -0.377 e. The summed E-state index contributed by atoms with van der Waals surface area (Å²) in [6.45, 7) is 9.05. The Labute approximate surface area is 117 Å². The largest absolute Gasteiger partial charge is 0.377 e. The van der Waals surface area contributed by atoms with Gasteiger partial charge in [0.15, 0.2) is 0 Å². The Hall–Kier alpha value is -1.22. The summed E-state index contributed by atoms with van der Waals surface area (Å²) in [7, 11) is 4.23. The van der Waals surface area contributed by atoms with Crippen molar-refractivity contribution >= 4 is 11.4 Å². The Bertz CT molecular complexity index is 414. The zero-order chi connectivity index (χ0) is 13.8. The van der Waals surface area contributed by atoms with E-state index in [0.717, 1.165) is 26.2 Å². The van der Waals surface area contributed by atoms with Crippen molar-refractivity contribution in [1.82, 2.24) is 5.32 Å². The van der Waals surface area contributed by atoms with Crippen molar-refractivity contribution in [2.45, 2.75) is 20.3 Å². The zero-order valence-electron chi connectivity index (χ0n) is 12.7. The number of nitrogens with zero attached hydrogens (tertiary/aromatic N) is 2. The molecule has 0 radical (unpaired) electrons. The fourth-order valence-corrected chi connectivity index (χ4v) is 2.79. The molecule has 1 heterocycles. The van der Waals surface area contributed by atoms with Gasteiger partial charge in [0.05, 0.1) is 0 Å². The summed E-state index contributed by atoms with van der Waals surface area (Å²) in [6, 6.07) is 6.84. The summed E-state index contributed by atoms with van der Waals surface area (Å²) in [4.78, 5) is 4.74. The maximum atomic E-state index is 3.51. The van der Waals surface area contributed by atoms with Gasteiger partial charge in [0.1, 0.15) is 0 Å². The Morgan fingerprint density at radius 3 is 2.84 bits per heavy atom. The molecule has 0 amide bonds. The van der Waals surface area contributed by atoms with Gasteiger partial charge in [-0.3, -0.25) is 0 Å². The lowest BCUT2D eigenvalue weighted by Gasteiger charge is -2.31. The fraction of sp³-hybridized carbons (Fsp3) is 0.625. The van der Waals surface area contributed by atoms with Gasteiger partial charge in [-0.15, -0.1) is 0 Å². The van der Waals surface area contributed by atoms with E-state index < -0.39 is 0 Å². The monoisotopic (exact) mass is 261 g/mol. The van der Waals surface area contributed by atoms with Crippen LogP contribution in [0.4, 0.5) is 11.4 Å². The number of anilines is 2. The van der Waals surface area contributed by atoms with Crippen LogP contribution in [-0.2, 0) is 0 Å². The highest BCUT2D eigenvalue weighted by Gasteiger charge is 2.14. The normalized spacial score (nSPS) is 20.8. The molecule has 1 atom stereocenters. The predicted octanol–water partition coefficient (Wildman–Crippen LogP) is 2.50. The highest BCUT2D eigenvalue weighted by molar-refractivity contribution is 5.63. The van der Waals surface area contributed by atoms with Crippen LogP contribution in [-0.4, -0.2) is 40.3 Å². The first kappa shape index (κ1) is 14.2. The van der Waals surface area contributed by atoms with Gasteiger partial charge in [0.2, 0.25) is 0 Å². The first-order valence-corrected chi connectivity index (χ1v) is 7.31. The minimum absolute atomic E-state index is 0.699. The van der Waals surface area contributed by atoms with Gasteiger partial charge in [-0.05, 0) is 50.0 Å². The lowest BCUT2D eigenvalue weighted by molar-refractivity contribution is 0.468. The van der Waals surface area contributed by atoms with Crippen molar-refractivity contribution in [3.05, 3.63) is 23.8 Å². The molecule has 0 saturated carbocycles. The van der Waals surface area contributed by atoms with Crippen LogP contribution in [0, 0.1) is 12.8 Å². The maximum Gasteiger partial charge on any atom is 0.0411 e. The van der Waals surface area contributed by atoms with Gasteiger partial charge >= 0.3 is 0 Å². The van der Waals surface area contributed by atoms with Crippen LogP contribution < -0.4 is 15.1 Å². The second kappa shape index (κ2) is 6.29. The quantitative estimate of drug-likeness (QED) is 0.882. The average Bonchev–Trinajstić information content (AvgIpc) is 2.34. The molecular formula is C16H27N3. The van der Waals surface area contributed by atoms with E-state index in [-0.39, 0.29) is 0 Å². The molecule has 0 bridgehead atoms. The zero-order valence-corrected chi connectivity index (χ0v) is 12.7. The van der Waals surface area contributed by atoms with Crippen LogP contribution in [0.15, 0.2) is 18.2 Å². The Balaban J connectivity index is 2.21. The van der Waals surface area contributed by atoms with Crippen molar-refractivity contribution in [2.75, 3.05) is 50.1 Å². The molecule has 0 aliphatic carbocycles. The van der Waals surface area contributed by atoms with Crippen LogP contribution >= 0.6 is 0 Å². The highest BCUT2D eigenvalue weighted by atomic mass is 15.1. The second-order valence-electron chi connectivity index (χ2n) is 5.97. The molecule has 106 valence electrons. The fourth-order valence-electron chi connectivity index (χ4n) is 2.79. The Morgan fingerprint density at radius 1 is 1.32 bits per heavy atom. The van der Waals surface area contributed by atoms with Gasteiger partial charge in [0.25, 0.3) is 0 Å². The van der Waals surface area contributed by atoms with E-state index in [2.05, 4.69) is 61.3 Å². The van der Waals surface area contributed by atoms with Crippen molar-refractivity contribution in [3.8, 4) is 0 Å². The van der Waals surface area contributed by atoms with Crippen LogP contribution in [0.25, 0.3) is 0 Å². The number of nitrogens with one attached hydrogen (secondary N) is 1. The van der Waals surface area contributed by atoms with Crippen LogP contribution in [0.5, 0.6) is 0 Å². The molecule has 1 aromatic rings. The van der Waals surface area contributed by atoms with Crippen LogP contribution in [0.3, 0.4) is 0 Å². The van der Waals surface area contributed by atoms with Gasteiger partial charge < -0.3 is 15.1 Å². The predicted molar refractivity (Wildman–Crippen MR) is 84.4 cm³/mol. The molecule has 0 spiro atoms. The summed E-state index contributed by atoms with van der Waals surface area (Å²) in [5, 5.41) is 3.51. The van der Waals surface area contributed by atoms with Crippen molar-refractivity contribution in [2.24, 2.45) is 5.92 Å². The molecule has 3 nitrogen and oxygen atoms in total. The first-order valence-electron chi connectivity index (χ1n) is 7.31. The molecular weight excluding hydrogens is 234 g/mol. The maximum absolute atomic E-state index is 3.51. The molecule has 1 unspecified atom stereocenters. The highest BCUT2D eigenvalue weighted by Crippen LogP contribution is 2.26. The summed E-state index contributed by atoms with van der Waals surface area (Å²) in [5.74, 6) is 0.699.